The fourth-order valence-electron chi connectivity index (χ4n) is 14.7. The second-order valence-corrected chi connectivity index (χ2v) is 23.4. The maximum absolute atomic E-state index is 6.71. The predicted octanol–water partition coefficient (Wildman–Crippen LogP) is 21.1. The average molecular weight is 1080 g/mol. The molecule has 3 atom stereocenters. The molecule has 0 heterocycles. The molecule has 84 heavy (non-hydrogen) atoms. The van der Waals surface area contributed by atoms with Gasteiger partial charge in [0.1, 0.15) is 11.5 Å². The standard InChI is InChI=1S/C82H65NO/c1-3-57(59-32-34-60(35-33-59)62-38-36-61-37-39-63(61)53-62)52-56(2)58-40-46-71(47-41-58)84-72-48-42-67(43-49-72)82(66-24-12-6-13-25-66)78-31-19-17-29-74(78)76-51-45-70(55-80(76)82)83(68-26-14-7-15-27-68)69-44-50-75-73-28-16-18-30-77(73)81(79(75)54-69,64-20-8-4-9-21-64)65-22-10-5-11-23-65/h4-36,38,40-51,53-57H,3,37,39,52H2,1-2H3. The Morgan fingerprint density at radius 1 is 0.357 bits per heavy atom. The molecule has 3 aliphatic rings. The zero-order chi connectivity index (χ0) is 56.2. The molecular formula is C82H65NO. The first kappa shape index (κ1) is 51.1. The Hall–Kier alpha value is -9.76. The zero-order valence-corrected chi connectivity index (χ0v) is 47.6. The molecule has 15 rings (SSSR count). The van der Waals surface area contributed by atoms with Gasteiger partial charge in [-0.2, -0.15) is 0 Å². The normalized spacial score (nSPS) is 15.5. The Morgan fingerprint density at radius 3 is 1.27 bits per heavy atom. The second-order valence-electron chi connectivity index (χ2n) is 23.4. The molecule has 12 aromatic rings. The summed E-state index contributed by atoms with van der Waals surface area (Å²) >= 11 is 0. The SMILES string of the molecule is CCC(CC(C)c1ccc(Oc2ccc(C3(c4ccccc4)c4ccccc4-c4ccc(N(c5ccccc5)c5ccc6c(c5)C(c5ccccc5)(c5ccccc5)c5ccccc5-6)cc43)cc2)cc1)c1ccc(-c2ccc3c(c2)CC3)cc1. The maximum atomic E-state index is 6.71. The first-order valence-electron chi connectivity index (χ1n) is 30.1. The number of ether oxygens (including phenoxy) is 1. The number of fused-ring (bicyclic) bond motifs is 7. The Kier molecular flexibility index (Phi) is 12.9. The van der Waals surface area contributed by atoms with Crippen LogP contribution in [0.3, 0.4) is 0 Å². The molecule has 0 saturated carbocycles. The van der Waals surface area contributed by atoms with E-state index in [2.05, 4.69) is 316 Å². The molecule has 0 aliphatic heterocycles. The molecule has 3 aliphatic carbocycles. The van der Waals surface area contributed by atoms with E-state index in [0.29, 0.717) is 11.8 Å². The number of hydrogen-bond acceptors (Lipinski definition) is 2. The summed E-state index contributed by atoms with van der Waals surface area (Å²) < 4.78 is 6.71. The van der Waals surface area contributed by atoms with Gasteiger partial charge >= 0.3 is 0 Å². The van der Waals surface area contributed by atoms with Crippen molar-refractivity contribution in [3.63, 3.8) is 0 Å². The fraction of sp³-hybridized carbons (Fsp3) is 0.122. The van der Waals surface area contributed by atoms with Crippen molar-refractivity contribution in [2.45, 2.75) is 62.2 Å². The Morgan fingerprint density at radius 2 is 0.786 bits per heavy atom. The highest BCUT2D eigenvalue weighted by Gasteiger charge is 2.48. The number of nitrogens with zero attached hydrogens (tertiary/aromatic N) is 1. The van der Waals surface area contributed by atoms with Crippen LogP contribution in [0.25, 0.3) is 33.4 Å². The highest BCUT2D eigenvalue weighted by atomic mass is 16.5. The van der Waals surface area contributed by atoms with Crippen LogP contribution in [0.5, 0.6) is 11.5 Å². The lowest BCUT2D eigenvalue weighted by molar-refractivity contribution is 0.481. The second kappa shape index (κ2) is 21.2. The lowest BCUT2D eigenvalue weighted by Crippen LogP contribution is -2.29. The summed E-state index contributed by atoms with van der Waals surface area (Å²) in [5.41, 5.74) is 25.5. The van der Waals surface area contributed by atoms with Gasteiger partial charge in [-0.05, 0) is 198 Å². The molecule has 3 unspecified atom stereocenters. The number of rotatable bonds is 15. The molecule has 0 aromatic heterocycles. The predicted molar refractivity (Wildman–Crippen MR) is 348 cm³/mol. The lowest BCUT2D eigenvalue weighted by Gasteiger charge is -2.36. The molecule has 2 heteroatoms. The van der Waals surface area contributed by atoms with Gasteiger partial charge in [-0.1, -0.05) is 250 Å². The first-order chi connectivity index (χ1) is 41.5. The quantitative estimate of drug-likeness (QED) is 0.101. The van der Waals surface area contributed by atoms with Crippen LogP contribution in [0.2, 0.25) is 0 Å². The summed E-state index contributed by atoms with van der Waals surface area (Å²) in [4.78, 5) is 2.46. The van der Waals surface area contributed by atoms with Crippen molar-refractivity contribution in [1.29, 1.82) is 0 Å². The van der Waals surface area contributed by atoms with Gasteiger partial charge in [0.25, 0.3) is 0 Å². The molecule has 0 bridgehead atoms. The van der Waals surface area contributed by atoms with E-state index in [1.54, 1.807) is 0 Å². The van der Waals surface area contributed by atoms with E-state index < -0.39 is 10.8 Å². The van der Waals surface area contributed by atoms with Gasteiger partial charge in [0.05, 0.1) is 10.8 Å². The van der Waals surface area contributed by atoms with Crippen molar-refractivity contribution in [2.75, 3.05) is 4.90 Å². The summed E-state index contributed by atoms with van der Waals surface area (Å²) in [5, 5.41) is 0. The van der Waals surface area contributed by atoms with Gasteiger partial charge in [0.2, 0.25) is 0 Å². The lowest BCUT2D eigenvalue weighted by atomic mass is 9.67. The number of anilines is 3. The minimum atomic E-state index is -0.641. The van der Waals surface area contributed by atoms with Crippen LogP contribution in [0.4, 0.5) is 17.1 Å². The fourth-order valence-corrected chi connectivity index (χ4v) is 14.7. The van der Waals surface area contributed by atoms with E-state index in [-0.39, 0.29) is 0 Å². The van der Waals surface area contributed by atoms with Crippen molar-refractivity contribution >= 4 is 17.1 Å². The van der Waals surface area contributed by atoms with Crippen molar-refractivity contribution in [1.82, 2.24) is 0 Å². The molecular weight excluding hydrogens is 1010 g/mol. The molecule has 0 amide bonds. The van der Waals surface area contributed by atoms with E-state index in [9.17, 15) is 0 Å². The summed E-state index contributed by atoms with van der Waals surface area (Å²) in [6.07, 6.45) is 4.62. The van der Waals surface area contributed by atoms with Crippen LogP contribution in [0.1, 0.15) is 105 Å². The highest BCUT2D eigenvalue weighted by molar-refractivity contribution is 5.92. The molecule has 0 N–H and O–H groups in total. The third kappa shape index (κ3) is 8.45. The van der Waals surface area contributed by atoms with Gasteiger partial charge in [0, 0.05) is 17.1 Å². The molecule has 0 spiro atoms. The first-order valence-corrected chi connectivity index (χ1v) is 30.1. The molecule has 0 saturated heterocycles. The number of benzene rings is 12. The van der Waals surface area contributed by atoms with Gasteiger partial charge in [-0.15, -0.1) is 0 Å². The molecule has 2 nitrogen and oxygen atoms in total. The summed E-state index contributed by atoms with van der Waals surface area (Å²) in [7, 11) is 0. The van der Waals surface area contributed by atoms with Crippen molar-refractivity contribution in [2.24, 2.45) is 0 Å². The Balaban J connectivity index is 0.772. The largest absolute Gasteiger partial charge is 0.457 e. The van der Waals surface area contributed by atoms with Crippen molar-refractivity contribution < 1.29 is 4.74 Å². The number of hydrogen-bond donors (Lipinski definition) is 0. The molecule has 12 aromatic carbocycles. The maximum Gasteiger partial charge on any atom is 0.127 e. The summed E-state index contributed by atoms with van der Waals surface area (Å²) in [5.74, 6) is 2.51. The summed E-state index contributed by atoms with van der Waals surface area (Å²) in [6, 6.07) is 111. The van der Waals surface area contributed by atoms with Crippen LogP contribution < -0.4 is 9.64 Å². The minimum absolute atomic E-state index is 0.396. The van der Waals surface area contributed by atoms with E-state index >= 15 is 0 Å². The van der Waals surface area contributed by atoms with E-state index in [4.69, 9.17) is 4.74 Å². The Bertz CT molecular complexity index is 4300. The van der Waals surface area contributed by atoms with Crippen LogP contribution in [-0.4, -0.2) is 0 Å². The van der Waals surface area contributed by atoms with Crippen LogP contribution in [-0.2, 0) is 23.7 Å². The van der Waals surface area contributed by atoms with Gasteiger partial charge in [-0.3, -0.25) is 0 Å². The monoisotopic (exact) mass is 1080 g/mol. The van der Waals surface area contributed by atoms with Crippen molar-refractivity contribution in [3.8, 4) is 44.9 Å². The van der Waals surface area contributed by atoms with E-state index in [1.807, 2.05) is 0 Å². The third-order valence-corrected chi connectivity index (χ3v) is 18.9. The molecule has 404 valence electrons. The summed E-state index contributed by atoms with van der Waals surface area (Å²) in [6.45, 7) is 4.69. The van der Waals surface area contributed by atoms with Crippen LogP contribution in [0, 0.1) is 0 Å². The van der Waals surface area contributed by atoms with E-state index in [0.717, 1.165) is 41.4 Å². The third-order valence-electron chi connectivity index (χ3n) is 18.9. The average Bonchev–Trinajstić information content (AvgIpc) is 2.17. The van der Waals surface area contributed by atoms with E-state index in [1.165, 1.54) is 113 Å². The Labute approximate surface area is 495 Å². The zero-order valence-electron chi connectivity index (χ0n) is 47.6. The van der Waals surface area contributed by atoms with Gasteiger partial charge in [0.15, 0.2) is 0 Å². The molecule has 0 radical (unpaired) electrons. The van der Waals surface area contributed by atoms with Gasteiger partial charge in [-0.25, -0.2) is 0 Å². The van der Waals surface area contributed by atoms with Crippen LogP contribution in [0.15, 0.2) is 297 Å². The highest BCUT2D eigenvalue weighted by Crippen LogP contribution is 2.60. The number of para-hydroxylation sites is 1. The van der Waals surface area contributed by atoms with Crippen LogP contribution >= 0.6 is 0 Å². The minimum Gasteiger partial charge on any atom is -0.457 e. The topological polar surface area (TPSA) is 12.5 Å². The number of aryl methyl sites for hydroxylation is 2. The smallest absolute Gasteiger partial charge is 0.127 e. The van der Waals surface area contributed by atoms with Gasteiger partial charge < -0.3 is 9.64 Å². The molecule has 0 fully saturated rings. The van der Waals surface area contributed by atoms with Crippen molar-refractivity contribution in [3.05, 3.63) is 364 Å².